The van der Waals surface area contributed by atoms with Crippen LogP contribution in [0.25, 0.3) is 0 Å². The summed E-state index contributed by atoms with van der Waals surface area (Å²) < 4.78 is 0. The Labute approximate surface area is 101 Å². The molecule has 0 aliphatic rings. The minimum absolute atomic E-state index is 0. The molecule has 0 amide bonds. The number of carboxylic acids is 1. The van der Waals surface area contributed by atoms with E-state index in [0.717, 1.165) is 5.56 Å². The van der Waals surface area contributed by atoms with Gasteiger partial charge in [0.1, 0.15) is 0 Å². The molecular formula is C10H12ClLiO2. The van der Waals surface area contributed by atoms with E-state index in [0.29, 0.717) is 5.02 Å². The molecule has 0 heterocycles. The first-order valence-electron chi connectivity index (χ1n) is 3.85. The van der Waals surface area contributed by atoms with Gasteiger partial charge in [-0.25, -0.2) is 0 Å². The van der Waals surface area contributed by atoms with Crippen molar-refractivity contribution in [3.63, 3.8) is 0 Å². The summed E-state index contributed by atoms with van der Waals surface area (Å²) in [6.45, 7) is 5.00. The summed E-state index contributed by atoms with van der Waals surface area (Å²) in [5.74, 6) is -0.827. The van der Waals surface area contributed by atoms with Crippen molar-refractivity contribution in [3.8, 4) is 0 Å². The molecule has 14 heavy (non-hydrogen) atoms. The Hall–Kier alpha value is -0.423. The summed E-state index contributed by atoms with van der Waals surface area (Å²) in [6, 6.07) is 6.77. The van der Waals surface area contributed by atoms with Crippen LogP contribution in [0, 0.1) is 6.92 Å². The molecule has 0 saturated heterocycles. The van der Waals surface area contributed by atoms with Crippen LogP contribution in [0.15, 0.2) is 24.3 Å². The zero-order valence-corrected chi connectivity index (χ0v) is 9.21. The van der Waals surface area contributed by atoms with Crippen LogP contribution in [0.2, 0.25) is 5.02 Å². The predicted molar refractivity (Wildman–Crippen MR) is 53.8 cm³/mol. The van der Waals surface area contributed by atoms with E-state index in [4.69, 9.17) is 16.7 Å². The summed E-state index contributed by atoms with van der Waals surface area (Å²) in [5.41, 5.74) is 0.766. The van der Waals surface area contributed by atoms with Crippen LogP contribution in [0.1, 0.15) is 12.5 Å². The summed E-state index contributed by atoms with van der Waals surface area (Å²) >= 11 is 5.60. The maximum Gasteiger partial charge on any atom is 1.00 e. The molecule has 4 heteroatoms. The molecule has 0 unspecified atom stereocenters. The monoisotopic (exact) mass is 206 g/mol. The summed E-state index contributed by atoms with van der Waals surface area (Å²) in [4.78, 5) is 10.2. The normalized spacial score (nSPS) is 7.93. The van der Waals surface area contributed by atoms with Gasteiger partial charge in [-0.15, -0.1) is 0 Å². The van der Waals surface area contributed by atoms with Crippen LogP contribution in [-0.2, 0) is 11.2 Å². The number of aliphatic carboxylic acids is 1. The molecule has 2 nitrogen and oxygen atoms in total. The third-order valence-electron chi connectivity index (χ3n) is 1.27. The van der Waals surface area contributed by atoms with Crippen molar-refractivity contribution in [3.05, 3.63) is 41.8 Å². The van der Waals surface area contributed by atoms with E-state index < -0.39 is 5.97 Å². The van der Waals surface area contributed by atoms with Gasteiger partial charge >= 0.3 is 24.8 Å². The fraction of sp³-hybridized carbons (Fsp3) is 0.200. The topological polar surface area (TPSA) is 37.3 Å². The van der Waals surface area contributed by atoms with E-state index in [9.17, 15) is 4.79 Å². The molecule has 0 aliphatic carbocycles. The molecule has 0 aromatic heterocycles. The Bertz CT molecular complexity index is 259. The largest absolute Gasteiger partial charge is 1.00 e. The van der Waals surface area contributed by atoms with Gasteiger partial charge in [0.05, 0.1) is 6.42 Å². The minimum Gasteiger partial charge on any atom is -0.481 e. The van der Waals surface area contributed by atoms with Crippen molar-refractivity contribution in [2.24, 2.45) is 0 Å². The summed E-state index contributed by atoms with van der Waals surface area (Å²) in [6.07, 6.45) is 0.0527. The molecule has 72 valence electrons. The zero-order valence-electron chi connectivity index (χ0n) is 8.46. The first-order valence-corrected chi connectivity index (χ1v) is 4.23. The quantitative estimate of drug-likeness (QED) is 0.538. The maximum atomic E-state index is 10.2. The van der Waals surface area contributed by atoms with Crippen molar-refractivity contribution >= 4 is 17.6 Å². The van der Waals surface area contributed by atoms with Crippen molar-refractivity contribution in [1.29, 1.82) is 0 Å². The molecule has 0 atom stereocenters. The third-order valence-corrected chi connectivity index (χ3v) is 1.52. The maximum absolute atomic E-state index is 10.2. The van der Waals surface area contributed by atoms with Crippen molar-refractivity contribution in [2.75, 3.05) is 0 Å². The van der Waals surface area contributed by atoms with Crippen molar-refractivity contribution in [1.82, 2.24) is 0 Å². The van der Waals surface area contributed by atoms with Crippen LogP contribution in [-0.4, -0.2) is 11.1 Å². The van der Waals surface area contributed by atoms with Gasteiger partial charge in [-0.05, 0) is 17.7 Å². The van der Waals surface area contributed by atoms with Crippen LogP contribution in [0.3, 0.4) is 0 Å². The van der Waals surface area contributed by atoms with E-state index in [1.807, 2.05) is 0 Å². The van der Waals surface area contributed by atoms with Gasteiger partial charge in [0.15, 0.2) is 0 Å². The SMILES string of the molecule is O=C(O)Cc1ccc(Cl)cc1.[CH2-]C.[Li+]. The second-order valence-corrected chi connectivity index (χ2v) is 2.63. The van der Waals surface area contributed by atoms with E-state index in [-0.39, 0.29) is 25.3 Å². The fourth-order valence-corrected chi connectivity index (χ4v) is 0.903. The summed E-state index contributed by atoms with van der Waals surface area (Å²) in [5, 5.41) is 9.03. The van der Waals surface area contributed by atoms with Gasteiger partial charge in [0.25, 0.3) is 0 Å². The number of carboxylic acid groups (broad SMARTS) is 1. The minimum atomic E-state index is -0.827. The Morgan fingerprint density at radius 2 is 1.79 bits per heavy atom. The molecule has 0 spiro atoms. The Morgan fingerprint density at radius 1 is 1.36 bits per heavy atom. The fourth-order valence-electron chi connectivity index (χ4n) is 0.777. The first-order chi connectivity index (χ1) is 6.18. The second kappa shape index (κ2) is 9.14. The van der Waals surface area contributed by atoms with E-state index in [1.165, 1.54) is 0 Å². The molecular weight excluding hydrogens is 195 g/mol. The number of carbonyl (C=O) groups is 1. The van der Waals surface area contributed by atoms with Crippen LogP contribution < -0.4 is 18.9 Å². The van der Waals surface area contributed by atoms with Crippen molar-refractivity contribution in [2.45, 2.75) is 13.3 Å². The molecule has 1 aromatic rings. The van der Waals surface area contributed by atoms with E-state index in [1.54, 1.807) is 31.2 Å². The van der Waals surface area contributed by atoms with Crippen LogP contribution in [0.4, 0.5) is 0 Å². The van der Waals surface area contributed by atoms with E-state index in [2.05, 4.69) is 6.92 Å². The van der Waals surface area contributed by atoms with Gasteiger partial charge in [-0.2, -0.15) is 6.92 Å². The Kier molecular flexibility index (Phi) is 10.5. The number of benzene rings is 1. The molecule has 1 N–H and O–H groups in total. The van der Waals surface area contributed by atoms with Gasteiger partial charge in [-0.3, -0.25) is 4.79 Å². The predicted octanol–water partition coefficient (Wildman–Crippen LogP) is -0.189. The molecule has 0 bridgehead atoms. The molecule has 1 rings (SSSR count). The molecule has 0 radical (unpaired) electrons. The second-order valence-electron chi connectivity index (χ2n) is 2.20. The van der Waals surface area contributed by atoms with Gasteiger partial charge in [0.2, 0.25) is 0 Å². The molecule has 0 aliphatic heterocycles. The third kappa shape index (κ3) is 7.03. The number of hydrogen-bond acceptors (Lipinski definition) is 1. The Morgan fingerprint density at radius 3 is 2.14 bits per heavy atom. The molecule has 1 aromatic carbocycles. The average molecular weight is 207 g/mol. The Balaban J connectivity index is 0. The van der Waals surface area contributed by atoms with Gasteiger partial charge in [-0.1, -0.05) is 23.7 Å². The van der Waals surface area contributed by atoms with Crippen LogP contribution in [0.5, 0.6) is 0 Å². The smallest absolute Gasteiger partial charge is 0.481 e. The molecule has 0 saturated carbocycles. The van der Waals surface area contributed by atoms with Gasteiger partial charge in [0, 0.05) is 5.02 Å². The zero-order chi connectivity index (χ0) is 10.3. The van der Waals surface area contributed by atoms with Crippen LogP contribution >= 0.6 is 11.6 Å². The average Bonchev–Trinajstić information content (AvgIpc) is 2.12. The standard InChI is InChI=1S/C8H7ClO2.C2H5.Li/c9-7-3-1-6(2-4-7)5-8(10)11;1-2;/h1-4H,5H2,(H,10,11);1H2,2H3;/q;-1;+1. The first kappa shape index (κ1) is 16.0. The van der Waals surface area contributed by atoms with Gasteiger partial charge < -0.3 is 12.0 Å². The number of hydrogen-bond donors (Lipinski definition) is 1. The molecule has 0 fully saturated rings. The van der Waals surface area contributed by atoms with E-state index >= 15 is 0 Å². The summed E-state index contributed by atoms with van der Waals surface area (Å²) in [7, 11) is 0. The van der Waals surface area contributed by atoms with Crippen molar-refractivity contribution < 1.29 is 28.8 Å². The number of rotatable bonds is 2. The number of halogens is 1.